The zero-order chi connectivity index (χ0) is 14.9. The topological polar surface area (TPSA) is 16.1 Å². The van der Waals surface area contributed by atoms with Crippen molar-refractivity contribution in [2.75, 3.05) is 0 Å². The average Bonchev–Trinajstić information content (AvgIpc) is 2.78. The quantitative estimate of drug-likeness (QED) is 0.849. The highest BCUT2D eigenvalue weighted by molar-refractivity contribution is 5.67. The predicted octanol–water partition coefficient (Wildman–Crippen LogP) is 4.04. The average molecular weight is 294 g/mol. The van der Waals surface area contributed by atoms with Gasteiger partial charge in [-0.1, -0.05) is 36.4 Å². The van der Waals surface area contributed by atoms with Gasteiger partial charge in [0.15, 0.2) is 0 Å². The Balaban J connectivity index is 1.57. The van der Waals surface area contributed by atoms with Crippen LogP contribution >= 0.6 is 0 Å². The Kier molecular flexibility index (Phi) is 3.51. The van der Waals surface area contributed by atoms with Gasteiger partial charge in [0.2, 0.25) is 0 Å². The maximum Gasteiger partial charge on any atom is 0.142 e. The summed E-state index contributed by atoms with van der Waals surface area (Å²) < 4.78 is 13.4. The Morgan fingerprint density at radius 2 is 2.00 bits per heavy atom. The molecule has 3 heteroatoms. The molecular formula is C19H19FN2. The monoisotopic (exact) mass is 294 g/mol. The summed E-state index contributed by atoms with van der Waals surface area (Å²) >= 11 is 0. The summed E-state index contributed by atoms with van der Waals surface area (Å²) in [7, 11) is 0. The predicted molar refractivity (Wildman–Crippen MR) is 85.6 cm³/mol. The maximum absolute atomic E-state index is 13.4. The number of hydrogen-bond acceptors (Lipinski definition) is 2. The minimum absolute atomic E-state index is 0.252. The lowest BCUT2D eigenvalue weighted by molar-refractivity contribution is 0.203. The first-order valence-corrected chi connectivity index (χ1v) is 7.91. The van der Waals surface area contributed by atoms with Crippen LogP contribution in [0.5, 0.6) is 0 Å². The minimum Gasteiger partial charge on any atom is -0.289 e. The first-order chi connectivity index (χ1) is 10.8. The number of hydrogen-bond donors (Lipinski definition) is 0. The molecule has 0 aliphatic carbocycles. The van der Waals surface area contributed by atoms with Crippen LogP contribution in [0.15, 0.2) is 54.9 Å². The van der Waals surface area contributed by atoms with Gasteiger partial charge in [-0.3, -0.25) is 9.88 Å². The molecule has 2 aromatic rings. The third-order valence-electron chi connectivity index (χ3n) is 4.82. The van der Waals surface area contributed by atoms with E-state index in [1.807, 2.05) is 0 Å². The molecule has 3 heterocycles. The molecule has 2 bridgehead atoms. The van der Waals surface area contributed by atoms with Crippen LogP contribution in [0.2, 0.25) is 0 Å². The first kappa shape index (κ1) is 13.6. The van der Waals surface area contributed by atoms with Gasteiger partial charge in [0.05, 0.1) is 6.20 Å². The van der Waals surface area contributed by atoms with Crippen LogP contribution in [0.1, 0.15) is 30.4 Å². The second-order valence-electron chi connectivity index (χ2n) is 6.24. The number of fused-ring (bicyclic) bond motifs is 2. The normalized spacial score (nSPS) is 24.3. The van der Waals surface area contributed by atoms with Crippen molar-refractivity contribution in [2.24, 2.45) is 0 Å². The van der Waals surface area contributed by atoms with Gasteiger partial charge in [-0.25, -0.2) is 4.39 Å². The molecule has 2 nitrogen and oxygen atoms in total. The molecule has 0 amide bonds. The number of aromatic nitrogens is 1. The Labute approximate surface area is 130 Å². The van der Waals surface area contributed by atoms with Crippen LogP contribution in [0.4, 0.5) is 4.39 Å². The molecule has 2 aliphatic heterocycles. The smallest absolute Gasteiger partial charge is 0.142 e. The highest BCUT2D eigenvalue weighted by atomic mass is 19.1. The van der Waals surface area contributed by atoms with Gasteiger partial charge in [-0.05, 0) is 42.0 Å². The van der Waals surface area contributed by atoms with Gasteiger partial charge in [-0.15, -0.1) is 0 Å². The van der Waals surface area contributed by atoms with E-state index in [1.165, 1.54) is 30.2 Å². The zero-order valence-electron chi connectivity index (χ0n) is 12.5. The fourth-order valence-corrected chi connectivity index (χ4v) is 3.76. The van der Waals surface area contributed by atoms with Crippen molar-refractivity contribution in [2.45, 2.75) is 37.9 Å². The maximum atomic E-state index is 13.4. The molecule has 0 spiro atoms. The van der Waals surface area contributed by atoms with E-state index >= 15 is 0 Å². The van der Waals surface area contributed by atoms with Crippen molar-refractivity contribution < 1.29 is 4.39 Å². The van der Waals surface area contributed by atoms with Gasteiger partial charge in [0, 0.05) is 24.8 Å². The summed E-state index contributed by atoms with van der Waals surface area (Å²) in [6, 6.07) is 13.3. The van der Waals surface area contributed by atoms with Gasteiger partial charge in [0.1, 0.15) is 5.82 Å². The Bertz CT molecular complexity index is 696. The molecule has 0 N–H and O–H groups in total. The second-order valence-corrected chi connectivity index (χ2v) is 6.24. The zero-order valence-corrected chi connectivity index (χ0v) is 12.5. The van der Waals surface area contributed by atoms with Crippen LogP contribution in [-0.4, -0.2) is 22.0 Å². The van der Waals surface area contributed by atoms with E-state index in [1.54, 1.807) is 12.3 Å². The van der Waals surface area contributed by atoms with Gasteiger partial charge in [-0.2, -0.15) is 0 Å². The SMILES string of the molecule is Fc1cncc(C2=CC3CCC(C2)N3Cc2ccccc2)c1. The molecule has 2 atom stereocenters. The molecule has 2 unspecified atom stereocenters. The Morgan fingerprint density at radius 1 is 1.14 bits per heavy atom. The van der Waals surface area contributed by atoms with Crippen molar-refractivity contribution in [3.63, 3.8) is 0 Å². The Hall–Kier alpha value is -2.00. The largest absolute Gasteiger partial charge is 0.289 e. The van der Waals surface area contributed by atoms with E-state index < -0.39 is 0 Å². The van der Waals surface area contributed by atoms with E-state index in [0.717, 1.165) is 18.5 Å². The van der Waals surface area contributed by atoms with Crippen molar-refractivity contribution in [1.82, 2.24) is 9.88 Å². The third kappa shape index (κ3) is 2.57. The molecule has 1 fully saturated rings. The summed E-state index contributed by atoms with van der Waals surface area (Å²) in [5.74, 6) is -0.252. The molecular weight excluding hydrogens is 275 g/mol. The third-order valence-corrected chi connectivity index (χ3v) is 4.82. The first-order valence-electron chi connectivity index (χ1n) is 7.91. The standard InChI is InChI=1S/C19H19FN2/c20-17-8-16(11-21-12-17)15-9-18-6-7-19(10-15)22(18)13-14-4-2-1-3-5-14/h1-5,8-9,11-12,18-19H,6-7,10,13H2. The van der Waals surface area contributed by atoms with E-state index in [9.17, 15) is 4.39 Å². The van der Waals surface area contributed by atoms with Gasteiger partial charge < -0.3 is 0 Å². The van der Waals surface area contributed by atoms with Gasteiger partial charge in [0.25, 0.3) is 0 Å². The number of nitrogens with zero attached hydrogens (tertiary/aromatic N) is 2. The summed E-state index contributed by atoms with van der Waals surface area (Å²) in [4.78, 5) is 6.58. The second kappa shape index (κ2) is 5.65. The summed E-state index contributed by atoms with van der Waals surface area (Å²) in [6.45, 7) is 1.00. The molecule has 22 heavy (non-hydrogen) atoms. The molecule has 112 valence electrons. The molecule has 0 radical (unpaired) electrons. The molecule has 1 aromatic carbocycles. The van der Waals surface area contributed by atoms with Crippen molar-refractivity contribution in [3.8, 4) is 0 Å². The molecule has 4 rings (SSSR count). The van der Waals surface area contributed by atoms with Gasteiger partial charge >= 0.3 is 0 Å². The van der Waals surface area contributed by atoms with Crippen molar-refractivity contribution in [3.05, 3.63) is 71.8 Å². The van der Waals surface area contributed by atoms with Crippen LogP contribution < -0.4 is 0 Å². The van der Waals surface area contributed by atoms with Crippen LogP contribution in [0.3, 0.4) is 0 Å². The van der Waals surface area contributed by atoms with Crippen molar-refractivity contribution in [1.29, 1.82) is 0 Å². The molecule has 1 aromatic heterocycles. The van der Waals surface area contributed by atoms with E-state index in [0.29, 0.717) is 12.1 Å². The molecule has 2 aliphatic rings. The summed E-state index contributed by atoms with van der Waals surface area (Å²) in [5.41, 5.74) is 3.56. The highest BCUT2D eigenvalue weighted by Crippen LogP contribution is 2.39. The number of benzene rings is 1. The fraction of sp³-hybridized carbons (Fsp3) is 0.316. The van der Waals surface area contributed by atoms with E-state index in [-0.39, 0.29) is 5.82 Å². The van der Waals surface area contributed by atoms with Crippen molar-refractivity contribution >= 4 is 5.57 Å². The lowest BCUT2D eigenvalue weighted by Crippen LogP contribution is -2.37. The lowest BCUT2D eigenvalue weighted by atomic mass is 9.95. The lowest BCUT2D eigenvalue weighted by Gasteiger charge is -2.34. The van der Waals surface area contributed by atoms with E-state index in [4.69, 9.17) is 0 Å². The van der Waals surface area contributed by atoms with E-state index in [2.05, 4.69) is 46.3 Å². The fourth-order valence-electron chi connectivity index (χ4n) is 3.76. The summed E-state index contributed by atoms with van der Waals surface area (Å²) in [6.07, 6.45) is 8.78. The van der Waals surface area contributed by atoms with Crippen LogP contribution in [0, 0.1) is 5.82 Å². The number of rotatable bonds is 3. The number of pyridine rings is 1. The Morgan fingerprint density at radius 3 is 2.77 bits per heavy atom. The van der Waals surface area contributed by atoms with Crippen LogP contribution in [0.25, 0.3) is 5.57 Å². The number of halogens is 1. The molecule has 0 saturated carbocycles. The minimum atomic E-state index is -0.252. The molecule has 1 saturated heterocycles. The summed E-state index contributed by atoms with van der Waals surface area (Å²) in [5, 5.41) is 0. The highest BCUT2D eigenvalue weighted by Gasteiger charge is 2.36. The van der Waals surface area contributed by atoms with Crippen LogP contribution in [-0.2, 0) is 6.54 Å².